The summed E-state index contributed by atoms with van der Waals surface area (Å²) < 4.78 is 32.3. The zero-order chi connectivity index (χ0) is 14.3. The highest BCUT2D eigenvalue weighted by atomic mass is 35.5. The summed E-state index contributed by atoms with van der Waals surface area (Å²) in [5.41, 5.74) is 0.349. The summed E-state index contributed by atoms with van der Waals surface area (Å²) in [6.45, 7) is 0. The zero-order valence-corrected chi connectivity index (χ0v) is 10.9. The molecule has 0 spiro atoms. The van der Waals surface area contributed by atoms with Crippen LogP contribution in [0, 0.1) is 11.6 Å². The molecule has 0 amide bonds. The van der Waals surface area contributed by atoms with Crippen molar-refractivity contribution in [1.29, 1.82) is 0 Å². The molecule has 20 heavy (non-hydrogen) atoms. The quantitative estimate of drug-likeness (QED) is 0.757. The highest BCUT2D eigenvalue weighted by Gasteiger charge is 2.22. The summed E-state index contributed by atoms with van der Waals surface area (Å²) in [7, 11) is 0. The second kappa shape index (κ2) is 4.89. The smallest absolute Gasteiger partial charge is 0.141 e. The van der Waals surface area contributed by atoms with Crippen molar-refractivity contribution in [3.63, 3.8) is 0 Å². The maximum atomic E-state index is 13.8. The molecule has 1 heterocycles. The SMILES string of the molecule is OC(c1cc2cc(F)ccc2o1)c1c(F)cccc1Cl. The molecule has 0 aliphatic rings. The van der Waals surface area contributed by atoms with Gasteiger partial charge in [-0.3, -0.25) is 0 Å². The first-order chi connectivity index (χ1) is 9.56. The topological polar surface area (TPSA) is 33.4 Å². The molecular weight excluding hydrogens is 286 g/mol. The molecule has 5 heteroatoms. The minimum Gasteiger partial charge on any atom is -0.458 e. The van der Waals surface area contributed by atoms with E-state index in [0.29, 0.717) is 11.0 Å². The van der Waals surface area contributed by atoms with Crippen LogP contribution in [0.4, 0.5) is 8.78 Å². The first-order valence-electron chi connectivity index (χ1n) is 5.87. The zero-order valence-electron chi connectivity index (χ0n) is 10.1. The predicted molar refractivity (Wildman–Crippen MR) is 71.6 cm³/mol. The van der Waals surface area contributed by atoms with Crippen LogP contribution in [-0.4, -0.2) is 5.11 Å². The van der Waals surface area contributed by atoms with E-state index in [9.17, 15) is 13.9 Å². The van der Waals surface area contributed by atoms with Gasteiger partial charge in [-0.25, -0.2) is 8.78 Å². The standard InChI is InChI=1S/C15H9ClF2O2/c16-10-2-1-3-11(18)14(10)15(19)13-7-8-6-9(17)4-5-12(8)20-13/h1-7,15,19H. The van der Waals surface area contributed by atoms with Gasteiger partial charge in [0.2, 0.25) is 0 Å². The number of aliphatic hydroxyl groups is 1. The van der Waals surface area contributed by atoms with Gasteiger partial charge in [-0.1, -0.05) is 17.7 Å². The van der Waals surface area contributed by atoms with Crippen molar-refractivity contribution in [3.05, 3.63) is 70.4 Å². The lowest BCUT2D eigenvalue weighted by molar-refractivity contribution is 0.187. The van der Waals surface area contributed by atoms with Gasteiger partial charge in [0.1, 0.15) is 29.1 Å². The lowest BCUT2D eigenvalue weighted by Gasteiger charge is -2.10. The molecule has 0 saturated heterocycles. The summed E-state index contributed by atoms with van der Waals surface area (Å²) in [5.74, 6) is -0.933. The Kier molecular flexibility index (Phi) is 3.20. The summed E-state index contributed by atoms with van der Waals surface area (Å²) in [6, 6.07) is 9.56. The van der Waals surface area contributed by atoms with E-state index < -0.39 is 17.7 Å². The molecule has 2 nitrogen and oxygen atoms in total. The van der Waals surface area contributed by atoms with E-state index in [1.807, 2.05) is 0 Å². The normalized spacial score (nSPS) is 12.8. The molecule has 3 aromatic rings. The number of halogens is 3. The van der Waals surface area contributed by atoms with Crippen molar-refractivity contribution >= 4 is 22.6 Å². The molecule has 3 rings (SSSR count). The van der Waals surface area contributed by atoms with Crippen molar-refractivity contribution in [2.45, 2.75) is 6.10 Å². The maximum Gasteiger partial charge on any atom is 0.141 e. The third-order valence-corrected chi connectivity index (χ3v) is 3.37. The van der Waals surface area contributed by atoms with Crippen molar-refractivity contribution in [1.82, 2.24) is 0 Å². The highest BCUT2D eigenvalue weighted by molar-refractivity contribution is 6.31. The van der Waals surface area contributed by atoms with Crippen LogP contribution in [-0.2, 0) is 0 Å². The number of furan rings is 1. The van der Waals surface area contributed by atoms with E-state index in [2.05, 4.69) is 0 Å². The van der Waals surface area contributed by atoms with E-state index in [1.54, 1.807) is 0 Å². The van der Waals surface area contributed by atoms with Gasteiger partial charge in [0.05, 0.1) is 0 Å². The fourth-order valence-corrected chi connectivity index (χ4v) is 2.35. The summed E-state index contributed by atoms with van der Waals surface area (Å²) in [6.07, 6.45) is -1.35. The monoisotopic (exact) mass is 294 g/mol. The van der Waals surface area contributed by atoms with E-state index >= 15 is 0 Å². The van der Waals surface area contributed by atoms with Crippen LogP contribution >= 0.6 is 11.6 Å². The fourth-order valence-electron chi connectivity index (χ4n) is 2.08. The second-order valence-corrected chi connectivity index (χ2v) is 4.78. The molecule has 0 saturated carbocycles. The van der Waals surface area contributed by atoms with Crippen molar-refractivity contribution in [2.24, 2.45) is 0 Å². The number of aliphatic hydroxyl groups excluding tert-OH is 1. The van der Waals surface area contributed by atoms with Crippen molar-refractivity contribution < 1.29 is 18.3 Å². The molecule has 1 unspecified atom stereocenters. The van der Waals surface area contributed by atoms with Crippen LogP contribution in [0.15, 0.2) is 46.9 Å². The van der Waals surface area contributed by atoms with Gasteiger partial charge in [-0.05, 0) is 36.4 Å². The van der Waals surface area contributed by atoms with Crippen molar-refractivity contribution in [3.8, 4) is 0 Å². The van der Waals surface area contributed by atoms with Crippen LogP contribution in [0.3, 0.4) is 0 Å². The Morgan fingerprint density at radius 1 is 1.10 bits per heavy atom. The van der Waals surface area contributed by atoms with Gasteiger partial charge in [0, 0.05) is 16.0 Å². The Morgan fingerprint density at radius 2 is 1.90 bits per heavy atom. The van der Waals surface area contributed by atoms with Gasteiger partial charge >= 0.3 is 0 Å². The van der Waals surface area contributed by atoms with E-state index in [0.717, 1.165) is 0 Å². The van der Waals surface area contributed by atoms with Gasteiger partial charge in [-0.2, -0.15) is 0 Å². The van der Waals surface area contributed by atoms with Crippen LogP contribution in [0.25, 0.3) is 11.0 Å². The van der Waals surface area contributed by atoms with Gasteiger partial charge in [0.25, 0.3) is 0 Å². The molecule has 0 aliphatic carbocycles. The number of hydrogen-bond donors (Lipinski definition) is 1. The highest BCUT2D eigenvalue weighted by Crippen LogP contribution is 2.33. The van der Waals surface area contributed by atoms with Crippen LogP contribution in [0.1, 0.15) is 17.4 Å². The van der Waals surface area contributed by atoms with Crippen LogP contribution < -0.4 is 0 Å². The molecule has 0 aliphatic heterocycles. The average molecular weight is 295 g/mol. The molecule has 2 aromatic carbocycles. The predicted octanol–water partition coefficient (Wildman–Crippen LogP) is 4.45. The summed E-state index contributed by atoms with van der Waals surface area (Å²) >= 11 is 5.90. The summed E-state index contributed by atoms with van der Waals surface area (Å²) in [5, 5.41) is 10.8. The summed E-state index contributed by atoms with van der Waals surface area (Å²) in [4.78, 5) is 0. The second-order valence-electron chi connectivity index (χ2n) is 4.37. The Hall–Kier alpha value is -1.91. The largest absolute Gasteiger partial charge is 0.458 e. The third-order valence-electron chi connectivity index (χ3n) is 3.04. The molecular formula is C15H9ClF2O2. The molecule has 0 fully saturated rings. The Morgan fingerprint density at radius 3 is 2.65 bits per heavy atom. The molecule has 1 atom stereocenters. The fraction of sp³-hybridized carbons (Fsp3) is 0.0667. The molecule has 1 aromatic heterocycles. The van der Waals surface area contributed by atoms with E-state index in [1.165, 1.54) is 42.5 Å². The Bertz CT molecular complexity index is 762. The maximum absolute atomic E-state index is 13.8. The number of fused-ring (bicyclic) bond motifs is 1. The van der Waals surface area contributed by atoms with E-state index in [4.69, 9.17) is 16.0 Å². The molecule has 102 valence electrons. The number of hydrogen-bond acceptors (Lipinski definition) is 2. The molecule has 0 radical (unpaired) electrons. The average Bonchev–Trinajstić information content (AvgIpc) is 2.81. The lowest BCUT2D eigenvalue weighted by atomic mass is 10.1. The van der Waals surface area contributed by atoms with Gasteiger partial charge in [-0.15, -0.1) is 0 Å². The minimum absolute atomic E-state index is 0.0614. The Balaban J connectivity index is 2.10. The van der Waals surface area contributed by atoms with Gasteiger partial charge < -0.3 is 9.52 Å². The molecule has 1 N–H and O–H groups in total. The van der Waals surface area contributed by atoms with Crippen LogP contribution in [0.5, 0.6) is 0 Å². The van der Waals surface area contributed by atoms with E-state index in [-0.39, 0.29) is 16.3 Å². The van der Waals surface area contributed by atoms with Crippen LogP contribution in [0.2, 0.25) is 5.02 Å². The Labute approximate surface area is 118 Å². The lowest BCUT2D eigenvalue weighted by Crippen LogP contribution is -2.02. The first-order valence-corrected chi connectivity index (χ1v) is 6.25. The number of benzene rings is 2. The third kappa shape index (κ3) is 2.17. The molecule has 0 bridgehead atoms. The number of rotatable bonds is 2. The van der Waals surface area contributed by atoms with Crippen molar-refractivity contribution in [2.75, 3.05) is 0 Å². The van der Waals surface area contributed by atoms with Gasteiger partial charge in [0.15, 0.2) is 0 Å². The first kappa shape index (κ1) is 13.1. The minimum atomic E-state index is -1.35.